The first-order valence-corrected chi connectivity index (χ1v) is 5.96. The molecule has 0 heterocycles. The molecule has 1 aliphatic carbocycles. The third-order valence-electron chi connectivity index (χ3n) is 3.24. The summed E-state index contributed by atoms with van der Waals surface area (Å²) in [6, 6.07) is 0. The van der Waals surface area contributed by atoms with Gasteiger partial charge in [0.05, 0.1) is 6.61 Å². The highest BCUT2D eigenvalue weighted by atomic mass is 16.5. The van der Waals surface area contributed by atoms with Gasteiger partial charge in [-0.2, -0.15) is 0 Å². The van der Waals surface area contributed by atoms with Crippen molar-refractivity contribution in [1.29, 1.82) is 0 Å². The third kappa shape index (κ3) is 3.61. The summed E-state index contributed by atoms with van der Waals surface area (Å²) < 4.78 is 5.63. The SMILES string of the molecule is CCC(OCC1CC=CCC1C)C(=O)NN. The summed E-state index contributed by atoms with van der Waals surface area (Å²) in [6.07, 6.45) is 6.79. The maximum Gasteiger partial charge on any atom is 0.262 e. The van der Waals surface area contributed by atoms with Gasteiger partial charge in [-0.25, -0.2) is 5.84 Å². The summed E-state index contributed by atoms with van der Waals surface area (Å²) in [5, 5.41) is 0. The van der Waals surface area contributed by atoms with Crippen molar-refractivity contribution >= 4 is 5.91 Å². The largest absolute Gasteiger partial charge is 0.368 e. The Morgan fingerprint density at radius 1 is 1.56 bits per heavy atom. The van der Waals surface area contributed by atoms with Crippen LogP contribution in [0.1, 0.15) is 33.1 Å². The van der Waals surface area contributed by atoms with Crippen LogP contribution in [0.25, 0.3) is 0 Å². The fraction of sp³-hybridized carbons (Fsp3) is 0.750. The van der Waals surface area contributed by atoms with Crippen LogP contribution < -0.4 is 11.3 Å². The van der Waals surface area contributed by atoms with Gasteiger partial charge in [-0.15, -0.1) is 0 Å². The van der Waals surface area contributed by atoms with Crippen LogP contribution >= 0.6 is 0 Å². The van der Waals surface area contributed by atoms with Crippen molar-refractivity contribution in [1.82, 2.24) is 5.43 Å². The predicted molar refractivity (Wildman–Crippen MR) is 63.4 cm³/mol. The number of ether oxygens (including phenoxy) is 1. The van der Waals surface area contributed by atoms with Gasteiger partial charge in [-0.1, -0.05) is 26.0 Å². The highest BCUT2D eigenvalue weighted by Crippen LogP contribution is 2.25. The summed E-state index contributed by atoms with van der Waals surface area (Å²) in [4.78, 5) is 11.3. The minimum absolute atomic E-state index is 0.235. The van der Waals surface area contributed by atoms with E-state index in [1.807, 2.05) is 6.92 Å². The molecule has 92 valence electrons. The predicted octanol–water partition coefficient (Wildman–Crippen LogP) is 1.37. The van der Waals surface area contributed by atoms with E-state index in [2.05, 4.69) is 24.5 Å². The molecule has 0 spiro atoms. The van der Waals surface area contributed by atoms with E-state index in [9.17, 15) is 4.79 Å². The van der Waals surface area contributed by atoms with E-state index >= 15 is 0 Å². The van der Waals surface area contributed by atoms with Gasteiger partial charge in [0.15, 0.2) is 0 Å². The summed E-state index contributed by atoms with van der Waals surface area (Å²) in [5.41, 5.74) is 2.14. The van der Waals surface area contributed by atoms with Crippen LogP contribution in [0.4, 0.5) is 0 Å². The molecule has 16 heavy (non-hydrogen) atoms. The van der Waals surface area contributed by atoms with Crippen LogP contribution in [0.5, 0.6) is 0 Å². The fourth-order valence-electron chi connectivity index (χ4n) is 1.95. The van der Waals surface area contributed by atoms with Crippen molar-refractivity contribution in [2.45, 2.75) is 39.2 Å². The molecule has 4 heteroatoms. The topological polar surface area (TPSA) is 64.3 Å². The molecule has 0 aliphatic heterocycles. The average molecular weight is 226 g/mol. The Kier molecular flexibility index (Phi) is 5.49. The fourth-order valence-corrected chi connectivity index (χ4v) is 1.95. The van der Waals surface area contributed by atoms with Crippen LogP contribution in [-0.2, 0) is 9.53 Å². The maximum atomic E-state index is 11.3. The van der Waals surface area contributed by atoms with Gasteiger partial charge in [-0.3, -0.25) is 10.2 Å². The van der Waals surface area contributed by atoms with Crippen molar-refractivity contribution in [3.05, 3.63) is 12.2 Å². The van der Waals surface area contributed by atoms with Gasteiger partial charge in [0.25, 0.3) is 5.91 Å². The molecule has 0 bridgehead atoms. The number of hydrogen-bond acceptors (Lipinski definition) is 3. The van der Waals surface area contributed by atoms with Gasteiger partial charge in [0.1, 0.15) is 6.10 Å². The zero-order valence-electron chi connectivity index (χ0n) is 10.1. The number of nitrogens with two attached hydrogens (primary N) is 1. The summed E-state index contributed by atoms with van der Waals surface area (Å²) in [7, 11) is 0. The highest BCUT2D eigenvalue weighted by molar-refractivity contribution is 5.79. The average Bonchev–Trinajstić information content (AvgIpc) is 2.31. The molecule has 0 aromatic rings. The number of rotatable bonds is 5. The second kappa shape index (κ2) is 6.66. The first kappa shape index (κ1) is 13.2. The first-order chi connectivity index (χ1) is 7.69. The third-order valence-corrected chi connectivity index (χ3v) is 3.24. The lowest BCUT2D eigenvalue weighted by molar-refractivity contribution is -0.134. The van der Waals surface area contributed by atoms with Gasteiger partial charge in [0, 0.05) is 0 Å². The lowest BCUT2D eigenvalue weighted by Gasteiger charge is -2.26. The Morgan fingerprint density at radius 2 is 2.25 bits per heavy atom. The smallest absolute Gasteiger partial charge is 0.262 e. The minimum atomic E-state index is -0.414. The molecular formula is C12H22N2O2. The first-order valence-electron chi connectivity index (χ1n) is 5.96. The molecule has 3 unspecified atom stereocenters. The molecule has 0 saturated carbocycles. The number of carbonyl (C=O) groups excluding carboxylic acids is 1. The minimum Gasteiger partial charge on any atom is -0.368 e. The number of carbonyl (C=O) groups is 1. The Balaban J connectivity index is 2.37. The second-order valence-corrected chi connectivity index (χ2v) is 4.42. The second-order valence-electron chi connectivity index (χ2n) is 4.42. The van der Waals surface area contributed by atoms with Crippen molar-refractivity contribution in [2.24, 2.45) is 17.7 Å². The van der Waals surface area contributed by atoms with Crippen molar-refractivity contribution < 1.29 is 9.53 Å². The van der Waals surface area contributed by atoms with Crippen molar-refractivity contribution in [3.8, 4) is 0 Å². The molecule has 3 N–H and O–H groups in total. The van der Waals surface area contributed by atoms with E-state index in [-0.39, 0.29) is 5.91 Å². The van der Waals surface area contributed by atoms with E-state index in [0.29, 0.717) is 24.9 Å². The molecule has 1 rings (SSSR count). The molecule has 3 atom stereocenters. The number of allylic oxidation sites excluding steroid dienone is 2. The zero-order chi connectivity index (χ0) is 12.0. The van der Waals surface area contributed by atoms with E-state index in [1.165, 1.54) is 0 Å². The van der Waals surface area contributed by atoms with Crippen LogP contribution in [0.2, 0.25) is 0 Å². The Labute approximate surface area is 97.2 Å². The molecule has 0 fully saturated rings. The summed E-state index contributed by atoms with van der Waals surface area (Å²) >= 11 is 0. The number of hydrogen-bond donors (Lipinski definition) is 2. The quantitative estimate of drug-likeness (QED) is 0.322. The molecule has 1 aliphatic rings. The Morgan fingerprint density at radius 3 is 2.81 bits per heavy atom. The Hall–Kier alpha value is -0.870. The lowest BCUT2D eigenvalue weighted by atomic mass is 9.85. The van der Waals surface area contributed by atoms with Crippen LogP contribution in [0.3, 0.4) is 0 Å². The number of nitrogens with one attached hydrogen (secondary N) is 1. The Bertz CT molecular complexity index is 253. The standard InChI is InChI=1S/C12H22N2O2/c1-3-11(12(15)14-13)16-8-10-7-5-4-6-9(10)2/h4-5,9-11H,3,6-8,13H2,1-2H3,(H,14,15). The normalized spacial score (nSPS) is 26.4. The lowest BCUT2D eigenvalue weighted by Crippen LogP contribution is -2.41. The van der Waals surface area contributed by atoms with E-state index in [0.717, 1.165) is 12.8 Å². The van der Waals surface area contributed by atoms with Crippen molar-refractivity contribution in [2.75, 3.05) is 6.61 Å². The molecule has 1 amide bonds. The molecule has 0 radical (unpaired) electrons. The van der Waals surface area contributed by atoms with Crippen LogP contribution in [0, 0.1) is 11.8 Å². The van der Waals surface area contributed by atoms with E-state index in [4.69, 9.17) is 10.6 Å². The molecule has 0 aromatic carbocycles. The van der Waals surface area contributed by atoms with Crippen LogP contribution in [0.15, 0.2) is 12.2 Å². The van der Waals surface area contributed by atoms with Gasteiger partial charge in [-0.05, 0) is 31.1 Å². The van der Waals surface area contributed by atoms with Gasteiger partial charge >= 0.3 is 0 Å². The maximum absolute atomic E-state index is 11.3. The van der Waals surface area contributed by atoms with Gasteiger partial charge < -0.3 is 4.74 Å². The molecule has 0 saturated heterocycles. The zero-order valence-corrected chi connectivity index (χ0v) is 10.1. The van der Waals surface area contributed by atoms with Gasteiger partial charge in [0.2, 0.25) is 0 Å². The number of hydrazine groups is 1. The molecular weight excluding hydrogens is 204 g/mol. The summed E-state index contributed by atoms with van der Waals surface area (Å²) in [5.74, 6) is 6.01. The molecule has 4 nitrogen and oxygen atoms in total. The van der Waals surface area contributed by atoms with Crippen molar-refractivity contribution in [3.63, 3.8) is 0 Å². The summed E-state index contributed by atoms with van der Waals surface area (Å²) in [6.45, 7) is 4.78. The number of amides is 1. The van der Waals surface area contributed by atoms with E-state index < -0.39 is 6.10 Å². The monoisotopic (exact) mass is 226 g/mol. The highest BCUT2D eigenvalue weighted by Gasteiger charge is 2.22. The van der Waals surface area contributed by atoms with E-state index in [1.54, 1.807) is 0 Å². The molecule has 0 aromatic heterocycles. The van der Waals surface area contributed by atoms with Crippen LogP contribution in [-0.4, -0.2) is 18.6 Å².